The molecule has 0 heterocycles. The molecule has 1 aromatic rings. The van der Waals surface area contributed by atoms with Crippen LogP contribution in [0.2, 0.25) is 0 Å². The van der Waals surface area contributed by atoms with Crippen LogP contribution in [0.1, 0.15) is 36.2 Å². The van der Waals surface area contributed by atoms with E-state index in [4.69, 9.17) is 0 Å². The van der Waals surface area contributed by atoms with Gasteiger partial charge in [0.15, 0.2) is 0 Å². The van der Waals surface area contributed by atoms with Crippen LogP contribution in [0.3, 0.4) is 0 Å². The van der Waals surface area contributed by atoms with E-state index < -0.39 is 5.82 Å². The van der Waals surface area contributed by atoms with Gasteiger partial charge in [-0.05, 0) is 45.5 Å². The van der Waals surface area contributed by atoms with Crippen LogP contribution in [-0.2, 0) is 0 Å². The Morgan fingerprint density at radius 1 is 1.35 bits per heavy atom. The van der Waals surface area contributed by atoms with Crippen molar-refractivity contribution in [3.63, 3.8) is 0 Å². The lowest BCUT2D eigenvalue weighted by Crippen LogP contribution is -2.42. The number of amides is 1. The van der Waals surface area contributed by atoms with Crippen LogP contribution >= 0.6 is 0 Å². The Kier molecular flexibility index (Phi) is 6.14. The number of aryl methyl sites for hydroxylation is 1. The number of benzene rings is 1. The predicted octanol–water partition coefficient (Wildman–Crippen LogP) is 2.84. The first-order chi connectivity index (χ1) is 9.29. The van der Waals surface area contributed by atoms with Crippen molar-refractivity contribution in [3.8, 4) is 0 Å². The SMILES string of the molecule is Cc1ccc(F)c(C(=O)NC(CC(C)C)CN(C)C)c1. The van der Waals surface area contributed by atoms with Gasteiger partial charge in [-0.25, -0.2) is 4.39 Å². The first-order valence-electron chi connectivity index (χ1n) is 7.01. The predicted molar refractivity (Wildman–Crippen MR) is 80.4 cm³/mol. The second kappa shape index (κ2) is 7.39. The van der Waals surface area contributed by atoms with E-state index in [1.54, 1.807) is 12.1 Å². The molecule has 0 saturated carbocycles. The Hall–Kier alpha value is -1.42. The fourth-order valence-electron chi connectivity index (χ4n) is 2.27. The number of hydrogen-bond acceptors (Lipinski definition) is 2. The zero-order valence-corrected chi connectivity index (χ0v) is 13.0. The fourth-order valence-corrected chi connectivity index (χ4v) is 2.27. The van der Waals surface area contributed by atoms with E-state index in [2.05, 4.69) is 19.2 Å². The molecule has 0 bridgehead atoms. The third-order valence-corrected chi connectivity index (χ3v) is 3.04. The van der Waals surface area contributed by atoms with Gasteiger partial charge in [-0.2, -0.15) is 0 Å². The molecule has 1 aromatic carbocycles. The van der Waals surface area contributed by atoms with Gasteiger partial charge in [-0.1, -0.05) is 25.5 Å². The van der Waals surface area contributed by atoms with Crippen LogP contribution in [0.15, 0.2) is 18.2 Å². The lowest BCUT2D eigenvalue weighted by molar-refractivity contribution is 0.0920. The maximum atomic E-state index is 13.7. The van der Waals surface area contributed by atoms with Gasteiger partial charge in [-0.15, -0.1) is 0 Å². The monoisotopic (exact) mass is 280 g/mol. The van der Waals surface area contributed by atoms with Gasteiger partial charge in [0.25, 0.3) is 5.91 Å². The molecule has 0 radical (unpaired) electrons. The van der Waals surface area contributed by atoms with Crippen molar-refractivity contribution >= 4 is 5.91 Å². The molecule has 112 valence electrons. The maximum Gasteiger partial charge on any atom is 0.254 e. The number of rotatable bonds is 6. The summed E-state index contributed by atoms with van der Waals surface area (Å²) >= 11 is 0. The minimum Gasteiger partial charge on any atom is -0.348 e. The second-order valence-electron chi connectivity index (χ2n) is 6.05. The summed E-state index contributed by atoms with van der Waals surface area (Å²) in [7, 11) is 3.93. The molecule has 4 heteroatoms. The van der Waals surface area contributed by atoms with Gasteiger partial charge in [-0.3, -0.25) is 4.79 Å². The Labute approximate surface area is 121 Å². The third kappa shape index (κ3) is 5.29. The van der Waals surface area contributed by atoms with Crippen LogP contribution < -0.4 is 5.32 Å². The van der Waals surface area contributed by atoms with Gasteiger partial charge >= 0.3 is 0 Å². The highest BCUT2D eigenvalue weighted by Gasteiger charge is 2.18. The topological polar surface area (TPSA) is 32.3 Å². The van der Waals surface area contributed by atoms with Crippen LogP contribution in [0.25, 0.3) is 0 Å². The highest BCUT2D eigenvalue weighted by Crippen LogP contribution is 2.12. The fraction of sp³-hybridized carbons (Fsp3) is 0.562. The summed E-state index contributed by atoms with van der Waals surface area (Å²) in [5.74, 6) is -0.331. The quantitative estimate of drug-likeness (QED) is 0.869. The first kappa shape index (κ1) is 16.6. The molecule has 1 unspecified atom stereocenters. The lowest BCUT2D eigenvalue weighted by Gasteiger charge is -2.24. The minimum absolute atomic E-state index is 0.0254. The van der Waals surface area contributed by atoms with Gasteiger partial charge in [0.2, 0.25) is 0 Å². The van der Waals surface area contributed by atoms with Gasteiger partial charge in [0.05, 0.1) is 5.56 Å². The summed E-state index contributed by atoms with van der Waals surface area (Å²) in [6.07, 6.45) is 0.872. The van der Waals surface area contributed by atoms with E-state index in [-0.39, 0.29) is 17.5 Å². The van der Waals surface area contributed by atoms with Crippen molar-refractivity contribution in [2.45, 2.75) is 33.2 Å². The number of carbonyl (C=O) groups excluding carboxylic acids is 1. The molecule has 0 aromatic heterocycles. The van der Waals surface area contributed by atoms with E-state index in [0.29, 0.717) is 5.92 Å². The summed E-state index contributed by atoms with van der Waals surface area (Å²) in [6.45, 7) is 6.82. The normalized spacial score (nSPS) is 12.8. The number of likely N-dealkylation sites (N-methyl/N-ethyl adjacent to an activating group) is 1. The number of carbonyl (C=O) groups is 1. The molecule has 1 amide bonds. The average molecular weight is 280 g/mol. The molecule has 0 aliphatic rings. The number of nitrogens with zero attached hydrogens (tertiary/aromatic N) is 1. The molecule has 0 aliphatic carbocycles. The van der Waals surface area contributed by atoms with Gasteiger partial charge in [0, 0.05) is 12.6 Å². The molecule has 1 rings (SSSR count). The summed E-state index contributed by atoms with van der Waals surface area (Å²) in [4.78, 5) is 14.2. The number of nitrogens with one attached hydrogen (secondary N) is 1. The molecular formula is C16H25FN2O. The maximum absolute atomic E-state index is 13.7. The third-order valence-electron chi connectivity index (χ3n) is 3.04. The molecule has 1 atom stereocenters. The van der Waals surface area contributed by atoms with Crippen molar-refractivity contribution in [3.05, 3.63) is 35.1 Å². The molecule has 0 spiro atoms. The Morgan fingerprint density at radius 3 is 2.55 bits per heavy atom. The molecule has 0 fully saturated rings. The van der Waals surface area contributed by atoms with Gasteiger partial charge < -0.3 is 10.2 Å². The van der Waals surface area contributed by atoms with Crippen molar-refractivity contribution in [1.29, 1.82) is 0 Å². The van der Waals surface area contributed by atoms with E-state index in [1.807, 2.05) is 25.9 Å². The van der Waals surface area contributed by atoms with Crippen LogP contribution in [0, 0.1) is 18.7 Å². The lowest BCUT2D eigenvalue weighted by atomic mass is 10.0. The minimum atomic E-state index is -0.471. The van der Waals surface area contributed by atoms with Crippen LogP contribution in [0.5, 0.6) is 0 Å². The highest BCUT2D eigenvalue weighted by molar-refractivity contribution is 5.94. The average Bonchev–Trinajstić information content (AvgIpc) is 2.30. The van der Waals surface area contributed by atoms with Crippen molar-refractivity contribution < 1.29 is 9.18 Å². The largest absolute Gasteiger partial charge is 0.348 e. The highest BCUT2D eigenvalue weighted by atomic mass is 19.1. The standard InChI is InChI=1S/C16H25FN2O/c1-11(2)8-13(10-19(4)5)18-16(20)14-9-12(3)6-7-15(14)17/h6-7,9,11,13H,8,10H2,1-5H3,(H,18,20). The van der Waals surface area contributed by atoms with E-state index in [0.717, 1.165) is 18.5 Å². The molecular weight excluding hydrogens is 255 g/mol. The molecule has 0 saturated heterocycles. The molecule has 20 heavy (non-hydrogen) atoms. The van der Waals surface area contributed by atoms with E-state index >= 15 is 0 Å². The Balaban J connectivity index is 2.81. The van der Waals surface area contributed by atoms with E-state index in [9.17, 15) is 9.18 Å². The van der Waals surface area contributed by atoms with Crippen molar-refractivity contribution in [2.75, 3.05) is 20.6 Å². The molecule has 1 N–H and O–H groups in total. The van der Waals surface area contributed by atoms with Gasteiger partial charge in [0.1, 0.15) is 5.82 Å². The zero-order chi connectivity index (χ0) is 15.3. The second-order valence-corrected chi connectivity index (χ2v) is 6.05. The Morgan fingerprint density at radius 2 is 2.00 bits per heavy atom. The molecule has 0 aliphatic heterocycles. The first-order valence-corrected chi connectivity index (χ1v) is 7.01. The summed E-state index contributed by atoms with van der Waals surface area (Å²) in [6, 6.07) is 4.62. The van der Waals surface area contributed by atoms with Crippen LogP contribution in [-0.4, -0.2) is 37.5 Å². The summed E-state index contributed by atoms with van der Waals surface area (Å²) in [5, 5.41) is 2.94. The smallest absolute Gasteiger partial charge is 0.254 e. The van der Waals surface area contributed by atoms with Crippen molar-refractivity contribution in [2.24, 2.45) is 5.92 Å². The van der Waals surface area contributed by atoms with E-state index in [1.165, 1.54) is 6.07 Å². The number of halogens is 1. The van der Waals surface area contributed by atoms with Crippen LogP contribution in [0.4, 0.5) is 4.39 Å². The summed E-state index contributed by atoms with van der Waals surface area (Å²) < 4.78 is 13.7. The molecule has 3 nitrogen and oxygen atoms in total. The zero-order valence-electron chi connectivity index (χ0n) is 13.0. The number of hydrogen-bond donors (Lipinski definition) is 1. The summed E-state index contributed by atoms with van der Waals surface area (Å²) in [5.41, 5.74) is 1.00. The van der Waals surface area contributed by atoms with Crippen molar-refractivity contribution in [1.82, 2.24) is 10.2 Å². The Bertz CT molecular complexity index is 448.